The van der Waals surface area contributed by atoms with Gasteiger partial charge >= 0.3 is 0 Å². The van der Waals surface area contributed by atoms with Crippen molar-refractivity contribution in [2.45, 2.75) is 32.8 Å². The fourth-order valence-electron chi connectivity index (χ4n) is 2.86. The van der Waals surface area contributed by atoms with E-state index in [0.717, 1.165) is 31.2 Å². The van der Waals surface area contributed by atoms with Crippen molar-refractivity contribution >= 4 is 47.4 Å². The average molecular weight is 523 g/mol. The number of benzene rings is 1. The Hall–Kier alpha value is -1.06. The van der Waals surface area contributed by atoms with Gasteiger partial charge in [-0.15, -0.1) is 24.0 Å². The van der Waals surface area contributed by atoms with E-state index in [1.165, 1.54) is 0 Å². The molecule has 8 heteroatoms. The third kappa shape index (κ3) is 7.75. The summed E-state index contributed by atoms with van der Waals surface area (Å²) in [6, 6.07) is 7.49. The van der Waals surface area contributed by atoms with Crippen LogP contribution in [-0.4, -0.2) is 73.6 Å². The minimum absolute atomic E-state index is 0. The molecule has 1 aliphatic rings. The first-order chi connectivity index (χ1) is 12.8. The van der Waals surface area contributed by atoms with Crippen LogP contribution in [0.4, 0.5) is 0 Å². The normalized spacial score (nSPS) is 15.2. The molecule has 1 aromatic rings. The Morgan fingerprint density at radius 1 is 1.25 bits per heavy atom. The molecule has 0 saturated carbocycles. The summed E-state index contributed by atoms with van der Waals surface area (Å²) >= 11 is 6.01. The molecule has 0 aliphatic carbocycles. The number of ether oxygens (including phenoxy) is 1. The third-order valence-electron chi connectivity index (χ3n) is 4.67. The van der Waals surface area contributed by atoms with Gasteiger partial charge in [-0.3, -0.25) is 9.79 Å². The highest BCUT2D eigenvalue weighted by Crippen LogP contribution is 2.13. The molecule has 2 rings (SSSR count). The van der Waals surface area contributed by atoms with Crippen LogP contribution in [0.15, 0.2) is 29.3 Å². The van der Waals surface area contributed by atoms with Crippen molar-refractivity contribution in [3.63, 3.8) is 0 Å². The Morgan fingerprint density at radius 2 is 1.89 bits per heavy atom. The number of halogens is 2. The first kappa shape index (κ1) is 25.0. The molecule has 1 saturated heterocycles. The maximum atomic E-state index is 12.6. The van der Waals surface area contributed by atoms with Gasteiger partial charge in [-0.05, 0) is 38.5 Å². The van der Waals surface area contributed by atoms with Crippen LogP contribution in [0.5, 0.6) is 0 Å². The number of amides is 1. The highest BCUT2D eigenvalue weighted by Gasteiger charge is 2.24. The topological polar surface area (TPSA) is 57.2 Å². The van der Waals surface area contributed by atoms with Crippen LogP contribution in [0.1, 0.15) is 26.3 Å². The zero-order valence-electron chi connectivity index (χ0n) is 17.2. The average Bonchev–Trinajstić information content (AvgIpc) is 2.65. The minimum atomic E-state index is -0.296. The first-order valence-electron chi connectivity index (χ1n) is 9.45. The fraction of sp³-hybridized carbons (Fsp3) is 0.600. The van der Waals surface area contributed by atoms with Crippen molar-refractivity contribution in [2.75, 3.05) is 46.4 Å². The summed E-state index contributed by atoms with van der Waals surface area (Å²) in [5.74, 6) is 1.02. The maximum absolute atomic E-state index is 12.6. The maximum Gasteiger partial charge on any atom is 0.227 e. The van der Waals surface area contributed by atoms with Crippen LogP contribution in [0.2, 0.25) is 5.02 Å². The van der Waals surface area contributed by atoms with E-state index in [4.69, 9.17) is 21.3 Å². The van der Waals surface area contributed by atoms with Crippen LogP contribution in [0, 0.1) is 0 Å². The number of hydrogen-bond acceptors (Lipinski definition) is 3. The molecule has 0 radical (unpaired) electrons. The SMILES string of the molecule is CCNC(=NCC(C)(C)OC)N1CCN(C(=O)Cc2cccc(Cl)c2)CC1.I. The molecule has 1 N–H and O–H groups in total. The van der Waals surface area contributed by atoms with Gasteiger partial charge in [0.25, 0.3) is 0 Å². The molecule has 6 nitrogen and oxygen atoms in total. The van der Waals surface area contributed by atoms with Gasteiger partial charge in [0.1, 0.15) is 0 Å². The Morgan fingerprint density at radius 3 is 2.46 bits per heavy atom. The summed E-state index contributed by atoms with van der Waals surface area (Å²) in [5.41, 5.74) is 0.654. The molecular weight excluding hydrogens is 491 g/mol. The Balaban J connectivity index is 0.00000392. The van der Waals surface area contributed by atoms with Crippen molar-refractivity contribution in [3.05, 3.63) is 34.9 Å². The summed E-state index contributed by atoms with van der Waals surface area (Å²) in [6.07, 6.45) is 0.386. The van der Waals surface area contributed by atoms with Crippen LogP contribution in [-0.2, 0) is 16.0 Å². The van der Waals surface area contributed by atoms with Crippen LogP contribution >= 0.6 is 35.6 Å². The molecule has 158 valence electrons. The van der Waals surface area contributed by atoms with E-state index >= 15 is 0 Å². The number of hydrogen-bond donors (Lipinski definition) is 1. The number of piperazine rings is 1. The molecule has 1 aromatic carbocycles. The molecular formula is C20H32ClIN4O2. The molecule has 0 spiro atoms. The van der Waals surface area contributed by atoms with Crippen molar-refractivity contribution < 1.29 is 9.53 Å². The lowest BCUT2D eigenvalue weighted by Crippen LogP contribution is -2.54. The molecule has 1 amide bonds. The highest BCUT2D eigenvalue weighted by molar-refractivity contribution is 14.0. The minimum Gasteiger partial charge on any atom is -0.377 e. The van der Waals surface area contributed by atoms with Gasteiger partial charge in [-0.2, -0.15) is 0 Å². The lowest BCUT2D eigenvalue weighted by atomic mass is 10.1. The van der Waals surface area contributed by atoms with E-state index < -0.39 is 0 Å². The Bertz CT molecular complexity index is 661. The number of rotatable bonds is 6. The summed E-state index contributed by atoms with van der Waals surface area (Å²) in [7, 11) is 1.70. The second-order valence-electron chi connectivity index (χ2n) is 7.31. The largest absolute Gasteiger partial charge is 0.377 e. The number of methoxy groups -OCH3 is 1. The predicted octanol–water partition coefficient (Wildman–Crippen LogP) is 3.04. The predicted molar refractivity (Wildman–Crippen MR) is 126 cm³/mol. The quantitative estimate of drug-likeness (QED) is 0.355. The smallest absolute Gasteiger partial charge is 0.227 e. The molecule has 1 aliphatic heterocycles. The van der Waals surface area contributed by atoms with Crippen molar-refractivity contribution in [2.24, 2.45) is 4.99 Å². The molecule has 28 heavy (non-hydrogen) atoms. The molecule has 0 bridgehead atoms. The van der Waals surface area contributed by atoms with Gasteiger partial charge < -0.3 is 19.9 Å². The molecule has 1 fully saturated rings. The van der Waals surface area contributed by atoms with Gasteiger partial charge in [-0.25, -0.2) is 0 Å². The van der Waals surface area contributed by atoms with Gasteiger partial charge in [-0.1, -0.05) is 23.7 Å². The summed E-state index contributed by atoms with van der Waals surface area (Å²) in [5, 5.41) is 4.00. The standard InChI is InChI=1S/C20H31ClN4O2.HI/c1-5-22-19(23-15-20(2,3)27-4)25-11-9-24(10-12-25)18(26)14-16-7-6-8-17(21)13-16;/h6-8,13H,5,9-12,14-15H2,1-4H3,(H,22,23);1H. The van der Waals surface area contributed by atoms with Crippen LogP contribution < -0.4 is 5.32 Å². The van der Waals surface area contributed by atoms with Gasteiger partial charge in [0, 0.05) is 44.9 Å². The van der Waals surface area contributed by atoms with E-state index in [0.29, 0.717) is 31.1 Å². The van der Waals surface area contributed by atoms with Gasteiger partial charge in [0.15, 0.2) is 5.96 Å². The Labute approximate surface area is 190 Å². The fourth-order valence-corrected chi connectivity index (χ4v) is 3.07. The Kier molecular flexibility index (Phi) is 10.5. The zero-order chi connectivity index (χ0) is 19.9. The number of nitrogens with one attached hydrogen (secondary N) is 1. The van der Waals surface area contributed by atoms with E-state index in [2.05, 4.69) is 17.1 Å². The number of nitrogens with zero attached hydrogens (tertiary/aromatic N) is 3. The van der Waals surface area contributed by atoms with E-state index in [1.54, 1.807) is 7.11 Å². The van der Waals surface area contributed by atoms with Crippen molar-refractivity contribution in [1.29, 1.82) is 0 Å². The van der Waals surface area contributed by atoms with Crippen molar-refractivity contribution in [3.8, 4) is 0 Å². The number of aliphatic imine (C=N–C) groups is 1. The monoisotopic (exact) mass is 522 g/mol. The zero-order valence-corrected chi connectivity index (χ0v) is 20.3. The molecule has 0 aromatic heterocycles. The van der Waals surface area contributed by atoms with Crippen molar-refractivity contribution in [1.82, 2.24) is 15.1 Å². The molecule has 0 unspecified atom stereocenters. The van der Waals surface area contributed by atoms with Crippen LogP contribution in [0.3, 0.4) is 0 Å². The summed E-state index contributed by atoms with van der Waals surface area (Å²) < 4.78 is 5.45. The van der Waals surface area contributed by atoms with E-state index in [9.17, 15) is 4.79 Å². The number of carbonyl (C=O) groups excluding carboxylic acids is 1. The highest BCUT2D eigenvalue weighted by atomic mass is 127. The number of carbonyl (C=O) groups is 1. The lowest BCUT2D eigenvalue weighted by molar-refractivity contribution is -0.131. The van der Waals surface area contributed by atoms with E-state index in [1.807, 2.05) is 43.0 Å². The number of guanidine groups is 1. The second kappa shape index (κ2) is 11.8. The van der Waals surface area contributed by atoms with Gasteiger partial charge in [0.2, 0.25) is 5.91 Å². The first-order valence-corrected chi connectivity index (χ1v) is 9.83. The van der Waals surface area contributed by atoms with E-state index in [-0.39, 0.29) is 35.5 Å². The summed E-state index contributed by atoms with van der Waals surface area (Å²) in [4.78, 5) is 21.4. The summed E-state index contributed by atoms with van der Waals surface area (Å²) in [6.45, 7) is 10.4. The second-order valence-corrected chi connectivity index (χ2v) is 7.74. The lowest BCUT2D eigenvalue weighted by Gasteiger charge is -2.37. The molecule has 0 atom stereocenters. The third-order valence-corrected chi connectivity index (χ3v) is 4.91. The van der Waals surface area contributed by atoms with Crippen LogP contribution in [0.25, 0.3) is 0 Å². The van der Waals surface area contributed by atoms with Gasteiger partial charge in [0.05, 0.1) is 18.6 Å². The molecule has 1 heterocycles.